The lowest BCUT2D eigenvalue weighted by Crippen LogP contribution is -2.38. The van der Waals surface area contributed by atoms with Gasteiger partial charge in [0.1, 0.15) is 0 Å². The van der Waals surface area contributed by atoms with Gasteiger partial charge in [-0.25, -0.2) is 8.42 Å². The van der Waals surface area contributed by atoms with Crippen LogP contribution in [0.3, 0.4) is 0 Å². The average molecular weight is 302 g/mol. The van der Waals surface area contributed by atoms with Gasteiger partial charge in [-0.15, -0.1) is 0 Å². The summed E-state index contributed by atoms with van der Waals surface area (Å²) < 4.78 is 24.8. The Morgan fingerprint density at radius 1 is 1.26 bits per heavy atom. The molecule has 0 spiro atoms. The minimum absolute atomic E-state index is 0.0446. The third-order valence-electron chi connectivity index (χ3n) is 3.91. The quantitative estimate of drug-likeness (QED) is 0.909. The maximum Gasteiger partial charge on any atom is 0.179 e. The first-order valence-electron chi connectivity index (χ1n) is 6.68. The number of sulfone groups is 1. The van der Waals surface area contributed by atoms with Gasteiger partial charge in [0.15, 0.2) is 9.84 Å². The van der Waals surface area contributed by atoms with Crippen LogP contribution >= 0.6 is 11.6 Å². The Morgan fingerprint density at radius 3 is 2.37 bits per heavy atom. The van der Waals surface area contributed by atoms with Crippen molar-refractivity contribution in [1.82, 2.24) is 5.32 Å². The van der Waals surface area contributed by atoms with Crippen LogP contribution in [0.4, 0.5) is 0 Å². The molecular formula is C14H20ClNO2S. The van der Waals surface area contributed by atoms with Crippen LogP contribution in [0.1, 0.15) is 25.7 Å². The molecule has 3 nitrogen and oxygen atoms in total. The molecule has 106 valence electrons. The van der Waals surface area contributed by atoms with E-state index < -0.39 is 9.84 Å². The molecule has 1 fully saturated rings. The van der Waals surface area contributed by atoms with Crippen LogP contribution in [-0.4, -0.2) is 27.3 Å². The highest BCUT2D eigenvalue weighted by Gasteiger charge is 2.28. The number of benzene rings is 1. The molecule has 1 aromatic rings. The molecule has 1 atom stereocenters. The highest BCUT2D eigenvalue weighted by molar-refractivity contribution is 7.91. The van der Waals surface area contributed by atoms with Crippen molar-refractivity contribution in [2.24, 2.45) is 5.92 Å². The zero-order valence-electron chi connectivity index (χ0n) is 11.1. The third kappa shape index (κ3) is 3.71. The molecule has 1 aromatic carbocycles. The number of nitrogens with one attached hydrogen (secondary N) is 1. The van der Waals surface area contributed by atoms with Crippen LogP contribution in [0.25, 0.3) is 0 Å². The Kier molecular flexibility index (Phi) is 4.87. The maximum atomic E-state index is 12.4. The lowest BCUT2D eigenvalue weighted by molar-refractivity contribution is 0.404. The molecular weight excluding hydrogens is 282 g/mol. The van der Waals surface area contributed by atoms with Gasteiger partial charge in [-0.05, 0) is 50.1 Å². The van der Waals surface area contributed by atoms with E-state index in [2.05, 4.69) is 5.32 Å². The van der Waals surface area contributed by atoms with Gasteiger partial charge in [0.2, 0.25) is 0 Å². The highest BCUT2D eigenvalue weighted by Crippen LogP contribution is 2.29. The van der Waals surface area contributed by atoms with Gasteiger partial charge in [0, 0.05) is 11.1 Å². The molecule has 19 heavy (non-hydrogen) atoms. The normalized spacial score (nSPS) is 18.6. The molecule has 0 heterocycles. The summed E-state index contributed by atoms with van der Waals surface area (Å²) in [6.07, 6.45) is 4.68. The van der Waals surface area contributed by atoms with E-state index in [-0.39, 0.29) is 11.8 Å². The first kappa shape index (κ1) is 14.8. The minimum atomic E-state index is -3.25. The van der Waals surface area contributed by atoms with Crippen molar-refractivity contribution in [3.8, 4) is 0 Å². The lowest BCUT2D eigenvalue weighted by atomic mass is 10.0. The highest BCUT2D eigenvalue weighted by atomic mass is 35.5. The van der Waals surface area contributed by atoms with E-state index in [4.69, 9.17) is 11.6 Å². The van der Waals surface area contributed by atoms with Gasteiger partial charge >= 0.3 is 0 Å². The number of hydrogen-bond donors (Lipinski definition) is 1. The first-order chi connectivity index (χ1) is 9.03. The van der Waals surface area contributed by atoms with E-state index in [0.29, 0.717) is 15.8 Å². The van der Waals surface area contributed by atoms with E-state index in [1.54, 1.807) is 24.3 Å². The molecule has 0 saturated heterocycles. The summed E-state index contributed by atoms with van der Waals surface area (Å²) in [7, 11) is -1.40. The fraction of sp³-hybridized carbons (Fsp3) is 0.571. The van der Waals surface area contributed by atoms with Crippen molar-refractivity contribution in [1.29, 1.82) is 0 Å². The van der Waals surface area contributed by atoms with Crippen molar-refractivity contribution in [2.45, 2.75) is 36.6 Å². The van der Waals surface area contributed by atoms with Crippen molar-refractivity contribution in [2.75, 3.05) is 12.8 Å². The molecule has 0 bridgehead atoms. The lowest BCUT2D eigenvalue weighted by Gasteiger charge is -2.22. The van der Waals surface area contributed by atoms with Crippen LogP contribution in [0, 0.1) is 5.92 Å². The second-order valence-electron chi connectivity index (χ2n) is 5.18. The van der Waals surface area contributed by atoms with Crippen molar-refractivity contribution in [3.05, 3.63) is 29.3 Å². The molecule has 0 amide bonds. The van der Waals surface area contributed by atoms with Gasteiger partial charge in [-0.2, -0.15) is 0 Å². The van der Waals surface area contributed by atoms with Crippen LogP contribution in [0.15, 0.2) is 29.2 Å². The topological polar surface area (TPSA) is 46.2 Å². The first-order valence-corrected chi connectivity index (χ1v) is 8.71. The Bertz CT molecular complexity index is 507. The predicted molar refractivity (Wildman–Crippen MR) is 78.3 cm³/mol. The molecule has 1 N–H and O–H groups in total. The largest absolute Gasteiger partial charge is 0.316 e. The number of rotatable bonds is 5. The monoisotopic (exact) mass is 301 g/mol. The van der Waals surface area contributed by atoms with Gasteiger partial charge in [0.05, 0.1) is 10.6 Å². The number of halogens is 1. The molecule has 0 aliphatic heterocycles. The smallest absolute Gasteiger partial charge is 0.179 e. The second-order valence-corrected chi connectivity index (χ2v) is 7.65. The summed E-state index contributed by atoms with van der Waals surface area (Å²) in [6, 6.07) is 6.46. The van der Waals surface area contributed by atoms with Crippen molar-refractivity contribution >= 4 is 21.4 Å². The standard InChI is InChI=1S/C14H20ClNO2S/c1-16-14(11-4-2-3-5-11)10-19(17,18)13-8-6-12(15)7-9-13/h6-9,11,14,16H,2-5,10H2,1H3. The SMILES string of the molecule is CNC(CS(=O)(=O)c1ccc(Cl)cc1)C1CCCC1. The fourth-order valence-corrected chi connectivity index (χ4v) is 4.57. The molecule has 1 aliphatic carbocycles. The van der Waals surface area contributed by atoms with Crippen molar-refractivity contribution in [3.63, 3.8) is 0 Å². The van der Waals surface area contributed by atoms with Crippen LogP contribution in [0.2, 0.25) is 5.02 Å². The van der Waals surface area contributed by atoms with E-state index in [0.717, 1.165) is 12.8 Å². The fourth-order valence-electron chi connectivity index (χ4n) is 2.79. The van der Waals surface area contributed by atoms with Gasteiger partial charge in [-0.3, -0.25) is 0 Å². The van der Waals surface area contributed by atoms with Crippen LogP contribution < -0.4 is 5.32 Å². The van der Waals surface area contributed by atoms with E-state index in [1.807, 2.05) is 7.05 Å². The Balaban J connectivity index is 2.13. The molecule has 0 radical (unpaired) electrons. The van der Waals surface area contributed by atoms with E-state index in [1.165, 1.54) is 12.8 Å². The zero-order chi connectivity index (χ0) is 13.9. The summed E-state index contributed by atoms with van der Waals surface area (Å²) >= 11 is 5.79. The summed E-state index contributed by atoms with van der Waals surface area (Å²) in [5.41, 5.74) is 0. The van der Waals surface area contributed by atoms with Crippen LogP contribution in [-0.2, 0) is 9.84 Å². The molecule has 0 aromatic heterocycles. The second kappa shape index (κ2) is 6.25. The Hall–Kier alpha value is -0.580. The zero-order valence-corrected chi connectivity index (χ0v) is 12.7. The maximum absolute atomic E-state index is 12.4. The van der Waals surface area contributed by atoms with E-state index in [9.17, 15) is 8.42 Å². The number of hydrogen-bond acceptors (Lipinski definition) is 3. The van der Waals surface area contributed by atoms with Gasteiger partial charge in [-0.1, -0.05) is 24.4 Å². The molecule has 2 rings (SSSR count). The molecule has 1 aliphatic rings. The molecule has 5 heteroatoms. The summed E-state index contributed by atoms with van der Waals surface area (Å²) in [5, 5.41) is 3.73. The summed E-state index contributed by atoms with van der Waals surface area (Å²) in [4.78, 5) is 0.357. The van der Waals surface area contributed by atoms with Gasteiger partial charge < -0.3 is 5.32 Å². The summed E-state index contributed by atoms with van der Waals surface area (Å²) in [6.45, 7) is 0. The molecule has 1 unspecified atom stereocenters. The van der Waals surface area contributed by atoms with Crippen LogP contribution in [0.5, 0.6) is 0 Å². The third-order valence-corrected chi connectivity index (χ3v) is 5.95. The van der Waals surface area contributed by atoms with Crippen molar-refractivity contribution < 1.29 is 8.42 Å². The Labute approximate surface area is 120 Å². The van der Waals surface area contributed by atoms with E-state index >= 15 is 0 Å². The predicted octanol–water partition coefficient (Wildman–Crippen LogP) is 2.89. The minimum Gasteiger partial charge on any atom is -0.316 e. The van der Waals surface area contributed by atoms with Gasteiger partial charge in [0.25, 0.3) is 0 Å². The summed E-state index contributed by atoms with van der Waals surface area (Å²) in [5.74, 6) is 0.641. The average Bonchev–Trinajstić information content (AvgIpc) is 2.90. The molecule has 1 saturated carbocycles. The Morgan fingerprint density at radius 2 is 1.84 bits per heavy atom.